The molecule has 0 bridgehead atoms. The second-order valence-corrected chi connectivity index (χ2v) is 9.90. The van der Waals surface area contributed by atoms with Gasteiger partial charge in [0.15, 0.2) is 0 Å². The lowest BCUT2D eigenvalue weighted by Gasteiger charge is -2.32. The van der Waals surface area contributed by atoms with Crippen LogP contribution in [0.2, 0.25) is 5.02 Å². The summed E-state index contributed by atoms with van der Waals surface area (Å²) in [6.45, 7) is 3.28. The van der Waals surface area contributed by atoms with Crippen LogP contribution < -0.4 is 9.47 Å². The lowest BCUT2D eigenvalue weighted by molar-refractivity contribution is -0.137. The molecule has 39 heavy (non-hydrogen) atoms. The Balaban J connectivity index is 1.49. The van der Waals surface area contributed by atoms with E-state index >= 15 is 0 Å². The predicted molar refractivity (Wildman–Crippen MR) is 147 cm³/mol. The highest BCUT2D eigenvalue weighted by Gasteiger charge is 2.29. The monoisotopic (exact) mass is 548 g/mol. The van der Waals surface area contributed by atoms with E-state index in [1.165, 1.54) is 0 Å². The summed E-state index contributed by atoms with van der Waals surface area (Å²) >= 11 is 6.43. The van der Waals surface area contributed by atoms with Crippen LogP contribution in [0.25, 0.3) is 11.0 Å². The van der Waals surface area contributed by atoms with E-state index in [9.17, 15) is 14.7 Å². The molecule has 0 saturated heterocycles. The van der Waals surface area contributed by atoms with Gasteiger partial charge in [0.25, 0.3) is 5.91 Å². The maximum Gasteiger partial charge on any atom is 0.304 e. The number of aromatic nitrogens is 3. The first kappa shape index (κ1) is 26.5. The summed E-state index contributed by atoms with van der Waals surface area (Å²) in [5, 5.41) is 18.5. The van der Waals surface area contributed by atoms with Crippen molar-refractivity contribution in [1.29, 1.82) is 0 Å². The summed E-state index contributed by atoms with van der Waals surface area (Å²) in [7, 11) is 3.36. The van der Waals surface area contributed by atoms with Gasteiger partial charge in [0.1, 0.15) is 22.5 Å². The number of aryl methyl sites for hydroxylation is 1. The Kier molecular flexibility index (Phi) is 7.43. The topological polar surface area (TPSA) is 107 Å². The van der Waals surface area contributed by atoms with Crippen molar-refractivity contribution in [3.05, 3.63) is 81.4 Å². The SMILES string of the molecule is CCOc1ccc(C(=O)N2CCc3c(cccc3[C@H](CC(=O)O)c3cc(OC)c4c(c3)nnn4C)C2)c(Cl)c1. The number of nitrogens with zero attached hydrogens (tertiary/aromatic N) is 4. The molecule has 1 N–H and O–H groups in total. The van der Waals surface area contributed by atoms with E-state index in [0.29, 0.717) is 53.7 Å². The first-order valence-corrected chi connectivity index (χ1v) is 13.1. The van der Waals surface area contributed by atoms with Crippen molar-refractivity contribution in [2.75, 3.05) is 20.3 Å². The lowest BCUT2D eigenvalue weighted by Crippen LogP contribution is -2.36. The minimum Gasteiger partial charge on any atom is -0.494 e. The number of fused-ring (bicyclic) bond motifs is 2. The number of hydrogen-bond donors (Lipinski definition) is 1. The molecule has 1 atom stereocenters. The molecule has 3 aromatic carbocycles. The number of rotatable bonds is 8. The summed E-state index contributed by atoms with van der Waals surface area (Å²) in [4.78, 5) is 27.2. The first-order valence-electron chi connectivity index (χ1n) is 12.7. The zero-order chi connectivity index (χ0) is 27.7. The first-order chi connectivity index (χ1) is 18.8. The third-order valence-electron chi connectivity index (χ3n) is 7.14. The molecule has 1 amide bonds. The van der Waals surface area contributed by atoms with Crippen LogP contribution in [0.4, 0.5) is 0 Å². The molecule has 0 aliphatic carbocycles. The van der Waals surface area contributed by atoms with Crippen molar-refractivity contribution in [2.24, 2.45) is 7.05 Å². The zero-order valence-corrected chi connectivity index (χ0v) is 22.7. The van der Waals surface area contributed by atoms with Gasteiger partial charge >= 0.3 is 5.97 Å². The normalized spacial score (nSPS) is 13.7. The van der Waals surface area contributed by atoms with E-state index in [1.54, 1.807) is 41.9 Å². The highest BCUT2D eigenvalue weighted by molar-refractivity contribution is 6.34. The fraction of sp³-hybridized carbons (Fsp3) is 0.310. The van der Waals surface area contributed by atoms with Crippen LogP contribution in [0.15, 0.2) is 48.5 Å². The van der Waals surface area contributed by atoms with E-state index in [0.717, 1.165) is 27.8 Å². The molecule has 1 aliphatic rings. The molecule has 0 fully saturated rings. The fourth-order valence-electron chi connectivity index (χ4n) is 5.35. The maximum absolute atomic E-state index is 13.4. The van der Waals surface area contributed by atoms with Gasteiger partial charge in [0.05, 0.1) is 30.7 Å². The molecule has 5 rings (SSSR count). The van der Waals surface area contributed by atoms with Crippen molar-refractivity contribution in [1.82, 2.24) is 19.9 Å². The molecule has 1 aliphatic heterocycles. The Morgan fingerprint density at radius 1 is 1.18 bits per heavy atom. The molecule has 0 spiro atoms. The Bertz CT molecular complexity index is 1570. The molecule has 9 nitrogen and oxygen atoms in total. The minimum absolute atomic E-state index is 0.101. The number of ether oxygens (including phenoxy) is 2. The highest BCUT2D eigenvalue weighted by Crippen LogP contribution is 2.38. The molecule has 0 radical (unpaired) electrons. The van der Waals surface area contributed by atoms with E-state index in [-0.39, 0.29) is 12.3 Å². The average molecular weight is 549 g/mol. The number of carbonyl (C=O) groups excluding carboxylic acids is 1. The molecule has 10 heteroatoms. The minimum atomic E-state index is -0.909. The van der Waals surface area contributed by atoms with Crippen molar-refractivity contribution in [3.63, 3.8) is 0 Å². The summed E-state index contributed by atoms with van der Waals surface area (Å²) in [6, 6.07) is 14.7. The Labute approximate surface area is 230 Å². The third kappa shape index (κ3) is 5.14. The number of carboxylic acids is 1. The highest BCUT2D eigenvalue weighted by atomic mass is 35.5. The largest absolute Gasteiger partial charge is 0.494 e. The summed E-state index contributed by atoms with van der Waals surface area (Å²) < 4.78 is 12.7. The summed E-state index contributed by atoms with van der Waals surface area (Å²) in [5.74, 6) is -0.291. The number of carbonyl (C=O) groups is 2. The van der Waals surface area contributed by atoms with Gasteiger partial charge in [-0.15, -0.1) is 5.10 Å². The third-order valence-corrected chi connectivity index (χ3v) is 7.45. The molecule has 202 valence electrons. The van der Waals surface area contributed by atoms with Gasteiger partial charge in [0, 0.05) is 26.1 Å². The van der Waals surface area contributed by atoms with E-state index in [1.807, 2.05) is 37.3 Å². The standard InChI is InChI=1S/C29H29ClN4O5/c1-4-39-19-8-9-22(24(30)14-19)29(37)34-11-10-20-17(16-34)6-5-7-21(20)23(15-27(35)36)18-12-25-28(26(13-18)38-3)33(2)32-31-25/h5-9,12-14,23H,4,10-11,15-16H2,1-3H3,(H,35,36)/t23-/m1/s1. The molecule has 2 heterocycles. The smallest absolute Gasteiger partial charge is 0.304 e. The van der Waals surface area contributed by atoms with Crippen LogP contribution in [0.3, 0.4) is 0 Å². The van der Waals surface area contributed by atoms with Crippen molar-refractivity contribution in [2.45, 2.75) is 32.2 Å². The fourth-order valence-corrected chi connectivity index (χ4v) is 5.60. The molecule has 1 aromatic heterocycles. The van der Waals surface area contributed by atoms with Crippen LogP contribution >= 0.6 is 11.6 Å². The van der Waals surface area contributed by atoms with Crippen LogP contribution in [0, 0.1) is 0 Å². The molecular weight excluding hydrogens is 520 g/mol. The van der Waals surface area contributed by atoms with Gasteiger partial charge in [-0.1, -0.05) is 35.0 Å². The van der Waals surface area contributed by atoms with Gasteiger partial charge in [-0.3, -0.25) is 9.59 Å². The Morgan fingerprint density at radius 3 is 2.72 bits per heavy atom. The van der Waals surface area contributed by atoms with E-state index in [2.05, 4.69) is 10.3 Å². The number of halogens is 1. The zero-order valence-electron chi connectivity index (χ0n) is 22.0. The molecule has 0 saturated carbocycles. The van der Waals surface area contributed by atoms with Gasteiger partial charge in [0.2, 0.25) is 0 Å². The molecule has 0 unspecified atom stereocenters. The second kappa shape index (κ2) is 10.9. The Morgan fingerprint density at radius 2 is 2.00 bits per heavy atom. The van der Waals surface area contributed by atoms with Crippen molar-refractivity contribution < 1.29 is 24.2 Å². The lowest BCUT2D eigenvalue weighted by atomic mass is 9.82. The summed E-state index contributed by atoms with van der Waals surface area (Å²) in [6.07, 6.45) is 0.488. The van der Waals surface area contributed by atoms with Crippen LogP contribution in [-0.2, 0) is 24.8 Å². The van der Waals surface area contributed by atoms with E-state index in [4.69, 9.17) is 21.1 Å². The quantitative estimate of drug-likeness (QED) is 0.336. The summed E-state index contributed by atoms with van der Waals surface area (Å²) in [5.41, 5.74) is 5.55. The van der Waals surface area contributed by atoms with Gasteiger partial charge in [-0.05, 0) is 65.9 Å². The number of aliphatic carboxylic acids is 1. The number of amides is 1. The number of carboxylic acid groups (broad SMARTS) is 1. The van der Waals surface area contributed by atoms with Crippen molar-refractivity contribution in [3.8, 4) is 11.5 Å². The Hall–Kier alpha value is -4.11. The average Bonchev–Trinajstić information content (AvgIpc) is 3.31. The predicted octanol–water partition coefficient (Wildman–Crippen LogP) is 4.83. The second-order valence-electron chi connectivity index (χ2n) is 9.49. The van der Waals surface area contributed by atoms with Gasteiger partial charge in [-0.2, -0.15) is 0 Å². The van der Waals surface area contributed by atoms with Crippen molar-refractivity contribution >= 4 is 34.5 Å². The van der Waals surface area contributed by atoms with Crippen LogP contribution in [0.1, 0.15) is 51.9 Å². The van der Waals surface area contributed by atoms with Gasteiger partial charge in [-0.25, -0.2) is 4.68 Å². The molecular formula is C29H29ClN4O5. The van der Waals surface area contributed by atoms with Crippen LogP contribution in [-0.4, -0.2) is 57.1 Å². The van der Waals surface area contributed by atoms with Gasteiger partial charge < -0.3 is 19.5 Å². The van der Waals surface area contributed by atoms with E-state index < -0.39 is 11.9 Å². The van der Waals surface area contributed by atoms with Crippen LogP contribution in [0.5, 0.6) is 11.5 Å². The number of benzene rings is 3. The maximum atomic E-state index is 13.4. The molecule has 4 aromatic rings. The number of hydrogen-bond acceptors (Lipinski definition) is 6. The number of methoxy groups -OCH3 is 1.